The predicted octanol–water partition coefficient (Wildman–Crippen LogP) is 2.44. The zero-order valence-electron chi connectivity index (χ0n) is 7.62. The maximum Gasteiger partial charge on any atom is 0.0225 e. The van der Waals surface area contributed by atoms with Crippen LogP contribution in [0.3, 0.4) is 0 Å². The van der Waals surface area contributed by atoms with Gasteiger partial charge in [-0.1, -0.05) is 42.0 Å². The minimum Gasteiger partial charge on any atom is -0.324 e. The van der Waals surface area contributed by atoms with Gasteiger partial charge in [0.05, 0.1) is 0 Å². The molecule has 0 unspecified atom stereocenters. The lowest BCUT2D eigenvalue weighted by atomic mass is 10.1. The molecule has 0 saturated carbocycles. The normalized spacial score (nSPS) is 14.4. The van der Waals surface area contributed by atoms with Gasteiger partial charge >= 0.3 is 0 Å². The number of rotatable bonds is 2. The summed E-state index contributed by atoms with van der Waals surface area (Å²) < 4.78 is 0. The molecule has 0 heterocycles. The summed E-state index contributed by atoms with van der Waals surface area (Å²) in [6, 6.07) is 10.4. The zero-order chi connectivity index (χ0) is 8.97. The Hall–Kier alpha value is -1.08. The average Bonchev–Trinajstić information content (AvgIpc) is 2.06. The van der Waals surface area contributed by atoms with E-state index in [2.05, 4.69) is 25.1 Å². The SMILES string of the molecule is C/C(=C/c1ccccc1)[C@@H](C)N. The number of benzene rings is 1. The van der Waals surface area contributed by atoms with Gasteiger partial charge in [0.15, 0.2) is 0 Å². The fourth-order valence-electron chi connectivity index (χ4n) is 0.944. The van der Waals surface area contributed by atoms with Gasteiger partial charge < -0.3 is 5.73 Å². The highest BCUT2D eigenvalue weighted by molar-refractivity contribution is 5.52. The Balaban J connectivity index is 2.81. The van der Waals surface area contributed by atoms with E-state index in [4.69, 9.17) is 5.73 Å². The summed E-state index contributed by atoms with van der Waals surface area (Å²) in [5, 5.41) is 0. The molecule has 0 fully saturated rings. The Morgan fingerprint density at radius 1 is 1.33 bits per heavy atom. The predicted molar refractivity (Wildman–Crippen MR) is 53.7 cm³/mol. The van der Waals surface area contributed by atoms with Crippen molar-refractivity contribution in [3.05, 3.63) is 41.5 Å². The van der Waals surface area contributed by atoms with Crippen molar-refractivity contribution in [1.29, 1.82) is 0 Å². The lowest BCUT2D eigenvalue weighted by Gasteiger charge is -2.04. The standard InChI is InChI=1S/C11H15N/c1-9(10(2)12)8-11-6-4-3-5-7-11/h3-8,10H,12H2,1-2H3/b9-8-/t10-/m1/s1. The molecule has 1 atom stereocenters. The molecule has 1 nitrogen and oxygen atoms in total. The van der Waals surface area contributed by atoms with Crippen LogP contribution in [-0.2, 0) is 0 Å². The molecule has 0 aliphatic carbocycles. The summed E-state index contributed by atoms with van der Waals surface area (Å²) in [6.45, 7) is 4.05. The van der Waals surface area contributed by atoms with Crippen LogP contribution >= 0.6 is 0 Å². The minimum atomic E-state index is 0.144. The summed E-state index contributed by atoms with van der Waals surface area (Å²) in [7, 11) is 0. The average molecular weight is 161 g/mol. The quantitative estimate of drug-likeness (QED) is 0.708. The van der Waals surface area contributed by atoms with Gasteiger partial charge in [0.2, 0.25) is 0 Å². The summed E-state index contributed by atoms with van der Waals surface area (Å²) >= 11 is 0. The highest BCUT2D eigenvalue weighted by atomic mass is 14.6. The van der Waals surface area contributed by atoms with E-state index < -0.39 is 0 Å². The molecule has 0 aliphatic heterocycles. The second-order valence-corrected chi connectivity index (χ2v) is 3.09. The molecule has 0 amide bonds. The molecule has 1 aromatic carbocycles. The number of nitrogens with two attached hydrogens (primary N) is 1. The molecule has 64 valence electrons. The van der Waals surface area contributed by atoms with Gasteiger partial charge in [-0.25, -0.2) is 0 Å². The van der Waals surface area contributed by atoms with Gasteiger partial charge in [0.1, 0.15) is 0 Å². The van der Waals surface area contributed by atoms with Crippen LogP contribution in [0.25, 0.3) is 6.08 Å². The van der Waals surface area contributed by atoms with Crippen molar-refractivity contribution < 1.29 is 0 Å². The van der Waals surface area contributed by atoms with Crippen LogP contribution < -0.4 is 5.73 Å². The van der Waals surface area contributed by atoms with Crippen LogP contribution in [-0.4, -0.2) is 6.04 Å². The Bertz CT molecular complexity index is 260. The molecular formula is C11H15N. The van der Waals surface area contributed by atoms with Gasteiger partial charge in [0, 0.05) is 6.04 Å². The van der Waals surface area contributed by atoms with Gasteiger partial charge in [-0.05, 0) is 19.4 Å². The fraction of sp³-hybridized carbons (Fsp3) is 0.273. The van der Waals surface area contributed by atoms with Crippen molar-refractivity contribution in [2.45, 2.75) is 19.9 Å². The molecule has 12 heavy (non-hydrogen) atoms. The van der Waals surface area contributed by atoms with E-state index in [0.717, 1.165) is 0 Å². The molecule has 0 bridgehead atoms. The van der Waals surface area contributed by atoms with E-state index >= 15 is 0 Å². The van der Waals surface area contributed by atoms with E-state index in [1.165, 1.54) is 11.1 Å². The first-order valence-corrected chi connectivity index (χ1v) is 4.19. The lowest BCUT2D eigenvalue weighted by molar-refractivity contribution is 0.868. The molecule has 0 aromatic heterocycles. The van der Waals surface area contributed by atoms with Gasteiger partial charge in [-0.15, -0.1) is 0 Å². The topological polar surface area (TPSA) is 26.0 Å². The van der Waals surface area contributed by atoms with E-state index in [1.807, 2.05) is 25.1 Å². The third-order valence-corrected chi connectivity index (χ3v) is 1.91. The van der Waals surface area contributed by atoms with Crippen LogP contribution in [0.4, 0.5) is 0 Å². The highest BCUT2D eigenvalue weighted by Gasteiger charge is 1.95. The molecule has 0 radical (unpaired) electrons. The van der Waals surface area contributed by atoms with Gasteiger partial charge in [0.25, 0.3) is 0 Å². The molecule has 0 aliphatic rings. The third-order valence-electron chi connectivity index (χ3n) is 1.91. The summed E-state index contributed by atoms with van der Waals surface area (Å²) in [5.74, 6) is 0. The second-order valence-electron chi connectivity index (χ2n) is 3.09. The van der Waals surface area contributed by atoms with E-state index in [-0.39, 0.29) is 6.04 Å². The van der Waals surface area contributed by atoms with Crippen molar-refractivity contribution >= 4 is 6.08 Å². The Morgan fingerprint density at radius 3 is 2.42 bits per heavy atom. The molecule has 0 spiro atoms. The third kappa shape index (κ3) is 2.51. The summed E-state index contributed by atoms with van der Waals surface area (Å²) in [4.78, 5) is 0. The first-order valence-electron chi connectivity index (χ1n) is 4.19. The lowest BCUT2D eigenvalue weighted by Crippen LogP contribution is -2.15. The Labute approximate surface area is 73.9 Å². The van der Waals surface area contributed by atoms with Crippen molar-refractivity contribution in [3.63, 3.8) is 0 Å². The van der Waals surface area contributed by atoms with Crippen LogP contribution in [0.1, 0.15) is 19.4 Å². The van der Waals surface area contributed by atoms with E-state index in [9.17, 15) is 0 Å². The van der Waals surface area contributed by atoms with Crippen LogP contribution in [0, 0.1) is 0 Å². The first-order chi connectivity index (χ1) is 5.70. The van der Waals surface area contributed by atoms with Crippen LogP contribution in [0.15, 0.2) is 35.9 Å². The summed E-state index contributed by atoms with van der Waals surface area (Å²) in [6.07, 6.45) is 2.12. The largest absolute Gasteiger partial charge is 0.324 e. The van der Waals surface area contributed by atoms with E-state index in [1.54, 1.807) is 0 Å². The molecule has 1 aromatic rings. The maximum absolute atomic E-state index is 5.72. The molecular weight excluding hydrogens is 146 g/mol. The molecule has 1 heteroatoms. The van der Waals surface area contributed by atoms with Crippen molar-refractivity contribution in [2.75, 3.05) is 0 Å². The maximum atomic E-state index is 5.72. The highest BCUT2D eigenvalue weighted by Crippen LogP contribution is 2.07. The number of hydrogen-bond donors (Lipinski definition) is 1. The summed E-state index contributed by atoms with van der Waals surface area (Å²) in [5.41, 5.74) is 8.14. The smallest absolute Gasteiger partial charge is 0.0225 e. The van der Waals surface area contributed by atoms with Crippen molar-refractivity contribution in [3.8, 4) is 0 Å². The van der Waals surface area contributed by atoms with Gasteiger partial charge in [-0.2, -0.15) is 0 Å². The van der Waals surface area contributed by atoms with Crippen LogP contribution in [0.2, 0.25) is 0 Å². The molecule has 1 rings (SSSR count). The van der Waals surface area contributed by atoms with Crippen molar-refractivity contribution in [2.24, 2.45) is 5.73 Å². The monoisotopic (exact) mass is 161 g/mol. The van der Waals surface area contributed by atoms with Crippen molar-refractivity contribution in [1.82, 2.24) is 0 Å². The first kappa shape index (κ1) is 9.01. The Morgan fingerprint density at radius 2 is 1.92 bits per heavy atom. The molecule has 2 N–H and O–H groups in total. The van der Waals surface area contributed by atoms with Crippen LogP contribution in [0.5, 0.6) is 0 Å². The minimum absolute atomic E-state index is 0.144. The second kappa shape index (κ2) is 4.07. The fourth-order valence-corrected chi connectivity index (χ4v) is 0.944. The Kier molecular flexibility index (Phi) is 3.06. The zero-order valence-corrected chi connectivity index (χ0v) is 7.62. The molecule has 0 saturated heterocycles. The van der Waals surface area contributed by atoms with Gasteiger partial charge in [-0.3, -0.25) is 0 Å². The van der Waals surface area contributed by atoms with E-state index in [0.29, 0.717) is 0 Å². The number of hydrogen-bond acceptors (Lipinski definition) is 1.